The van der Waals surface area contributed by atoms with Crippen molar-refractivity contribution in [1.82, 2.24) is 9.78 Å². The minimum absolute atomic E-state index is 0.0379. The predicted octanol–water partition coefficient (Wildman–Crippen LogP) is 3.27. The monoisotopic (exact) mass is 256 g/mol. The van der Waals surface area contributed by atoms with Crippen LogP contribution in [0.25, 0.3) is 0 Å². The van der Waals surface area contributed by atoms with Crippen LogP contribution in [0.3, 0.4) is 0 Å². The average molecular weight is 257 g/mol. The molecule has 0 radical (unpaired) electrons. The molecule has 1 saturated heterocycles. The number of rotatable bonds is 4. The number of hydrogen-bond acceptors (Lipinski definition) is 2. The molecule has 0 saturated carbocycles. The van der Waals surface area contributed by atoms with Gasteiger partial charge in [-0.25, -0.2) is 0 Å². The van der Waals surface area contributed by atoms with Crippen molar-refractivity contribution < 1.29 is 4.74 Å². The molecule has 1 aliphatic heterocycles. The van der Waals surface area contributed by atoms with Crippen LogP contribution in [-0.2, 0) is 17.6 Å². The third kappa shape index (κ3) is 2.36. The molecule has 17 heavy (non-hydrogen) atoms. The fraction of sp³-hybridized carbons (Fsp3) is 0.769. The van der Waals surface area contributed by atoms with Crippen molar-refractivity contribution in [2.45, 2.75) is 51.5 Å². The van der Waals surface area contributed by atoms with Crippen LogP contribution in [0.15, 0.2) is 0 Å². The van der Waals surface area contributed by atoms with E-state index in [9.17, 15) is 0 Å². The molecule has 2 heterocycles. The highest BCUT2D eigenvalue weighted by Crippen LogP contribution is 2.31. The molecule has 2 unspecified atom stereocenters. The zero-order valence-electron chi connectivity index (χ0n) is 10.9. The summed E-state index contributed by atoms with van der Waals surface area (Å²) in [6.07, 6.45) is 2.99. The first-order chi connectivity index (χ1) is 8.19. The Morgan fingerprint density at radius 1 is 1.47 bits per heavy atom. The maximum Gasteiger partial charge on any atom is 0.0777 e. The van der Waals surface area contributed by atoms with Crippen LogP contribution in [0.5, 0.6) is 0 Å². The second-order valence-corrected chi connectivity index (χ2v) is 5.25. The van der Waals surface area contributed by atoms with Crippen LogP contribution in [-0.4, -0.2) is 23.0 Å². The number of nitrogens with zero attached hydrogens (tertiary/aromatic N) is 2. The normalized spacial score (nSPS) is 22.0. The first kappa shape index (κ1) is 12.9. The lowest BCUT2D eigenvalue weighted by Gasteiger charge is -2.13. The first-order valence-electron chi connectivity index (χ1n) is 6.50. The van der Waals surface area contributed by atoms with Crippen LogP contribution >= 0.6 is 11.6 Å². The highest BCUT2D eigenvalue weighted by atomic mass is 35.5. The summed E-state index contributed by atoms with van der Waals surface area (Å²) >= 11 is 6.31. The van der Waals surface area contributed by atoms with Gasteiger partial charge in [-0.3, -0.25) is 4.68 Å². The summed E-state index contributed by atoms with van der Waals surface area (Å²) in [5, 5.41) is 4.79. The third-order valence-electron chi connectivity index (χ3n) is 3.45. The molecule has 0 N–H and O–H groups in total. The smallest absolute Gasteiger partial charge is 0.0777 e. The van der Waals surface area contributed by atoms with Crippen molar-refractivity contribution in [3.8, 4) is 0 Å². The first-order valence-corrected chi connectivity index (χ1v) is 6.94. The Balaban J connectivity index is 2.44. The Morgan fingerprint density at radius 2 is 2.24 bits per heavy atom. The Labute approximate surface area is 108 Å². The van der Waals surface area contributed by atoms with E-state index in [1.54, 1.807) is 0 Å². The largest absolute Gasteiger partial charge is 0.379 e. The van der Waals surface area contributed by atoms with Gasteiger partial charge in [-0.05, 0) is 26.2 Å². The number of halogens is 1. The van der Waals surface area contributed by atoms with Crippen LogP contribution in [0.4, 0.5) is 0 Å². The van der Waals surface area contributed by atoms with Gasteiger partial charge in [0.05, 0.1) is 23.7 Å². The average Bonchev–Trinajstić information content (AvgIpc) is 2.94. The van der Waals surface area contributed by atoms with Gasteiger partial charge in [-0.1, -0.05) is 13.8 Å². The molecule has 4 heteroatoms. The van der Waals surface area contributed by atoms with E-state index in [0.717, 1.165) is 38.2 Å². The quantitative estimate of drug-likeness (QED) is 0.773. The molecular weight excluding hydrogens is 236 g/mol. The highest BCUT2D eigenvalue weighted by molar-refractivity contribution is 6.20. The number of hydrogen-bond donors (Lipinski definition) is 0. The number of alkyl halides is 1. The second-order valence-electron chi connectivity index (χ2n) is 4.59. The van der Waals surface area contributed by atoms with Gasteiger partial charge < -0.3 is 4.74 Å². The second kappa shape index (κ2) is 5.40. The Hall–Kier alpha value is -0.540. The van der Waals surface area contributed by atoms with Crippen molar-refractivity contribution in [2.75, 3.05) is 13.2 Å². The van der Waals surface area contributed by atoms with E-state index in [0.29, 0.717) is 6.04 Å². The molecule has 1 aliphatic rings. The van der Waals surface area contributed by atoms with E-state index in [1.165, 1.54) is 11.3 Å². The Morgan fingerprint density at radius 3 is 2.71 bits per heavy atom. The summed E-state index contributed by atoms with van der Waals surface area (Å²) < 4.78 is 7.63. The molecule has 0 spiro atoms. The van der Waals surface area contributed by atoms with Gasteiger partial charge in [-0.2, -0.15) is 5.10 Å². The van der Waals surface area contributed by atoms with Gasteiger partial charge in [0.25, 0.3) is 0 Å². The summed E-state index contributed by atoms with van der Waals surface area (Å²) in [6, 6.07) is 0.402. The van der Waals surface area contributed by atoms with E-state index >= 15 is 0 Å². The van der Waals surface area contributed by atoms with Crippen LogP contribution in [0.2, 0.25) is 0 Å². The van der Waals surface area contributed by atoms with Gasteiger partial charge in [0.2, 0.25) is 0 Å². The van der Waals surface area contributed by atoms with Gasteiger partial charge >= 0.3 is 0 Å². The summed E-state index contributed by atoms with van der Waals surface area (Å²) in [6.45, 7) is 7.98. The van der Waals surface area contributed by atoms with E-state index in [1.807, 2.05) is 6.92 Å². The zero-order chi connectivity index (χ0) is 12.4. The Kier molecular flexibility index (Phi) is 4.10. The molecule has 3 nitrogen and oxygen atoms in total. The lowest BCUT2D eigenvalue weighted by molar-refractivity contribution is 0.184. The topological polar surface area (TPSA) is 27.1 Å². The standard InChI is InChI=1S/C13H21ClN2O/c1-4-11-13(9(3)14)12(5-2)16(15-11)10-6-7-17-8-10/h9-10H,4-8H2,1-3H3. The van der Waals surface area contributed by atoms with Crippen molar-refractivity contribution >= 4 is 11.6 Å². The third-order valence-corrected chi connectivity index (χ3v) is 3.66. The molecule has 1 aromatic rings. The molecule has 1 aromatic heterocycles. The van der Waals surface area contributed by atoms with Gasteiger partial charge in [0.15, 0.2) is 0 Å². The fourth-order valence-corrected chi connectivity index (χ4v) is 2.88. The van der Waals surface area contributed by atoms with E-state index < -0.39 is 0 Å². The Bertz CT molecular complexity index is 381. The molecule has 0 amide bonds. The van der Waals surface area contributed by atoms with E-state index in [2.05, 4.69) is 18.5 Å². The van der Waals surface area contributed by atoms with Gasteiger partial charge in [0.1, 0.15) is 0 Å². The fourth-order valence-electron chi connectivity index (χ4n) is 2.62. The van der Waals surface area contributed by atoms with E-state index in [4.69, 9.17) is 21.4 Å². The minimum atomic E-state index is 0.0379. The lowest BCUT2D eigenvalue weighted by atomic mass is 10.1. The molecular formula is C13H21ClN2O. The SMILES string of the molecule is CCc1nn(C2CCOC2)c(CC)c1C(C)Cl. The molecule has 0 aliphatic carbocycles. The van der Waals surface area contributed by atoms with Crippen molar-refractivity contribution in [3.63, 3.8) is 0 Å². The summed E-state index contributed by atoms with van der Waals surface area (Å²) in [5.74, 6) is 0. The lowest BCUT2D eigenvalue weighted by Crippen LogP contribution is -2.14. The summed E-state index contributed by atoms with van der Waals surface area (Å²) in [5.41, 5.74) is 3.68. The molecule has 1 fully saturated rings. The molecule has 0 aromatic carbocycles. The van der Waals surface area contributed by atoms with Crippen LogP contribution < -0.4 is 0 Å². The van der Waals surface area contributed by atoms with Crippen molar-refractivity contribution in [2.24, 2.45) is 0 Å². The van der Waals surface area contributed by atoms with Gasteiger partial charge in [0, 0.05) is 17.9 Å². The molecule has 2 atom stereocenters. The van der Waals surface area contributed by atoms with Crippen molar-refractivity contribution in [1.29, 1.82) is 0 Å². The van der Waals surface area contributed by atoms with E-state index in [-0.39, 0.29) is 5.38 Å². The minimum Gasteiger partial charge on any atom is -0.379 e. The van der Waals surface area contributed by atoms with Gasteiger partial charge in [-0.15, -0.1) is 11.6 Å². The summed E-state index contributed by atoms with van der Waals surface area (Å²) in [4.78, 5) is 0. The maximum absolute atomic E-state index is 6.31. The number of aryl methyl sites for hydroxylation is 1. The number of ether oxygens (including phenoxy) is 1. The van der Waals surface area contributed by atoms with Crippen molar-refractivity contribution in [3.05, 3.63) is 17.0 Å². The zero-order valence-corrected chi connectivity index (χ0v) is 11.6. The van der Waals surface area contributed by atoms with Crippen LogP contribution in [0.1, 0.15) is 55.6 Å². The predicted molar refractivity (Wildman–Crippen MR) is 69.7 cm³/mol. The number of aromatic nitrogens is 2. The highest BCUT2D eigenvalue weighted by Gasteiger charge is 2.25. The summed E-state index contributed by atoms with van der Waals surface area (Å²) in [7, 11) is 0. The maximum atomic E-state index is 6.31. The molecule has 0 bridgehead atoms. The molecule has 2 rings (SSSR count). The molecule has 96 valence electrons. The van der Waals surface area contributed by atoms with Crippen LogP contribution in [0, 0.1) is 0 Å².